The molecule has 20 heavy (non-hydrogen) atoms. The number of fused-ring (bicyclic) bond motifs is 1. The van der Waals surface area contributed by atoms with E-state index < -0.39 is 6.08 Å². The Bertz CT molecular complexity index is 528. The number of thioether (sulfide) groups is 1. The Balaban J connectivity index is 0.000000704. The maximum atomic E-state index is 12.7. The fraction of sp³-hybridized carbons (Fsp3) is 0.385. The number of nitrogens with zero attached hydrogens (tertiary/aromatic N) is 3. The van der Waals surface area contributed by atoms with Crippen LogP contribution in [0.1, 0.15) is 20.8 Å². The molecule has 1 fully saturated rings. The predicted molar refractivity (Wildman–Crippen MR) is 79.8 cm³/mol. The van der Waals surface area contributed by atoms with E-state index in [9.17, 15) is 4.39 Å². The number of hydrogen-bond donors (Lipinski definition) is 2. The summed E-state index contributed by atoms with van der Waals surface area (Å²) < 4.78 is 12.7. The molecule has 1 saturated heterocycles. The van der Waals surface area contributed by atoms with Gasteiger partial charge in [0.2, 0.25) is 0 Å². The smallest absolute Gasteiger partial charge is 0.308 e. The van der Waals surface area contributed by atoms with Gasteiger partial charge in [0.25, 0.3) is 0 Å². The van der Waals surface area contributed by atoms with E-state index in [-0.39, 0.29) is 5.37 Å². The first kappa shape index (κ1) is 14.8. The van der Waals surface area contributed by atoms with E-state index in [1.807, 2.05) is 25.1 Å². The molecule has 0 amide bonds. The second-order valence-electron chi connectivity index (χ2n) is 4.13. The van der Waals surface area contributed by atoms with Crippen molar-refractivity contribution in [2.24, 2.45) is 11.7 Å². The number of allylic oxidation sites excluding steroid dienone is 1. The zero-order valence-electron chi connectivity index (χ0n) is 11.7. The Hall–Kier alpha value is -1.60. The molecule has 0 aromatic carbocycles. The van der Waals surface area contributed by atoms with Crippen molar-refractivity contribution >= 4 is 17.4 Å². The molecular formula is C13H18FN5S. The highest BCUT2D eigenvalue weighted by atomic mass is 32.2. The second kappa shape index (κ2) is 6.23. The largest absolute Gasteiger partial charge is 0.404 e. The van der Waals surface area contributed by atoms with Gasteiger partial charge in [-0.2, -0.15) is 4.39 Å². The van der Waals surface area contributed by atoms with Crippen LogP contribution in [0.25, 0.3) is 0 Å². The van der Waals surface area contributed by atoms with Crippen LogP contribution in [0.2, 0.25) is 0 Å². The van der Waals surface area contributed by atoms with Gasteiger partial charge in [-0.3, -0.25) is 5.01 Å². The van der Waals surface area contributed by atoms with Crippen LogP contribution < -0.4 is 16.2 Å². The van der Waals surface area contributed by atoms with E-state index >= 15 is 0 Å². The first-order chi connectivity index (χ1) is 9.69. The number of hydrogen-bond acceptors (Lipinski definition) is 6. The van der Waals surface area contributed by atoms with E-state index in [4.69, 9.17) is 5.73 Å². The second-order valence-corrected chi connectivity index (χ2v) is 5.31. The third-order valence-electron chi connectivity index (χ3n) is 3.07. The topological polar surface area (TPSA) is 67.1 Å². The first-order valence-corrected chi connectivity index (χ1v) is 7.40. The maximum absolute atomic E-state index is 12.7. The summed E-state index contributed by atoms with van der Waals surface area (Å²) in [7, 11) is 0. The summed E-state index contributed by atoms with van der Waals surface area (Å²) in [4.78, 5) is 8.24. The minimum Gasteiger partial charge on any atom is -0.404 e. The van der Waals surface area contributed by atoms with Gasteiger partial charge in [-0.1, -0.05) is 20.8 Å². The molecule has 108 valence electrons. The number of nitrogens with one attached hydrogen (secondary N) is 1. The number of nitrogens with two attached hydrogens (primary N) is 1. The standard InChI is InChI=1S/C11H12FN5S.C2H6/c1-6-8-5-17(7-3-14-11(12)15-4-7)16-10(8)18-9(6)2-13;1-2/h2-6,10,16H,13H2,1H3;1-2H3/b9-2+;. The Kier molecular flexibility index (Phi) is 4.61. The van der Waals surface area contributed by atoms with Crippen molar-refractivity contribution in [3.8, 4) is 0 Å². The zero-order valence-corrected chi connectivity index (χ0v) is 12.5. The van der Waals surface area contributed by atoms with Crippen LogP contribution in [-0.4, -0.2) is 15.3 Å². The SMILES string of the molecule is CC.CC1C2=CN(c3cnc(F)nc3)NC2S/C1=C/N. The van der Waals surface area contributed by atoms with Crippen molar-refractivity contribution in [2.75, 3.05) is 5.01 Å². The summed E-state index contributed by atoms with van der Waals surface area (Å²) in [6.07, 6.45) is 5.82. The van der Waals surface area contributed by atoms with E-state index in [1.54, 1.807) is 18.0 Å². The summed E-state index contributed by atoms with van der Waals surface area (Å²) in [6, 6.07) is 0. The molecule has 3 rings (SSSR count). The van der Waals surface area contributed by atoms with Crippen LogP contribution in [0.15, 0.2) is 35.3 Å². The van der Waals surface area contributed by atoms with Gasteiger partial charge in [-0.15, -0.1) is 11.8 Å². The summed E-state index contributed by atoms with van der Waals surface area (Å²) in [5.74, 6) is 0.309. The Morgan fingerprint density at radius 2 is 2.05 bits per heavy atom. The van der Waals surface area contributed by atoms with Crippen LogP contribution in [0, 0.1) is 12.0 Å². The number of rotatable bonds is 1. The van der Waals surface area contributed by atoms with E-state index in [2.05, 4.69) is 22.3 Å². The number of halogens is 1. The summed E-state index contributed by atoms with van der Waals surface area (Å²) in [6.45, 7) is 6.11. The molecule has 0 saturated carbocycles. The molecule has 2 aliphatic rings. The fourth-order valence-corrected chi connectivity index (χ4v) is 3.31. The van der Waals surface area contributed by atoms with E-state index in [1.165, 1.54) is 18.0 Å². The van der Waals surface area contributed by atoms with Gasteiger partial charge in [-0.25, -0.2) is 15.4 Å². The predicted octanol–water partition coefficient (Wildman–Crippen LogP) is 2.36. The molecule has 2 aliphatic heterocycles. The minimum absolute atomic E-state index is 0.180. The molecule has 0 bridgehead atoms. The van der Waals surface area contributed by atoms with Crippen LogP contribution in [0.5, 0.6) is 0 Å². The molecule has 0 spiro atoms. The Morgan fingerprint density at radius 1 is 1.40 bits per heavy atom. The molecule has 1 aromatic heterocycles. The molecule has 2 atom stereocenters. The van der Waals surface area contributed by atoms with Crippen LogP contribution in [-0.2, 0) is 0 Å². The lowest BCUT2D eigenvalue weighted by Crippen LogP contribution is -2.33. The first-order valence-electron chi connectivity index (χ1n) is 6.52. The molecule has 7 heteroatoms. The molecule has 2 unspecified atom stereocenters. The molecule has 0 radical (unpaired) electrons. The normalized spacial score (nSPS) is 26.1. The van der Waals surface area contributed by atoms with Crippen LogP contribution in [0.3, 0.4) is 0 Å². The molecular weight excluding hydrogens is 277 g/mol. The molecule has 5 nitrogen and oxygen atoms in total. The van der Waals surface area contributed by atoms with Gasteiger partial charge < -0.3 is 5.73 Å². The van der Waals surface area contributed by atoms with Crippen molar-refractivity contribution in [3.63, 3.8) is 0 Å². The van der Waals surface area contributed by atoms with Gasteiger partial charge in [0, 0.05) is 23.2 Å². The van der Waals surface area contributed by atoms with Crippen LogP contribution >= 0.6 is 11.8 Å². The highest BCUT2D eigenvalue weighted by molar-refractivity contribution is 8.04. The number of hydrazine groups is 1. The Labute approximate surface area is 122 Å². The van der Waals surface area contributed by atoms with Crippen molar-refractivity contribution in [2.45, 2.75) is 26.1 Å². The van der Waals surface area contributed by atoms with Crippen molar-refractivity contribution < 1.29 is 4.39 Å². The Morgan fingerprint density at radius 3 is 2.60 bits per heavy atom. The van der Waals surface area contributed by atoms with E-state index in [0.717, 1.165) is 4.91 Å². The van der Waals surface area contributed by atoms with Gasteiger partial charge in [0.15, 0.2) is 0 Å². The highest BCUT2D eigenvalue weighted by Gasteiger charge is 2.37. The van der Waals surface area contributed by atoms with Gasteiger partial charge in [0.1, 0.15) is 0 Å². The summed E-state index contributed by atoms with van der Waals surface area (Å²) in [5, 5.41) is 2.00. The molecule has 1 aromatic rings. The third kappa shape index (κ3) is 2.64. The average molecular weight is 295 g/mol. The quantitative estimate of drug-likeness (QED) is 0.775. The summed E-state index contributed by atoms with van der Waals surface area (Å²) in [5.41, 5.74) is 10.8. The van der Waals surface area contributed by atoms with Gasteiger partial charge in [-0.05, 0) is 5.57 Å². The number of anilines is 1. The maximum Gasteiger partial charge on any atom is 0.308 e. The zero-order chi connectivity index (χ0) is 14.7. The molecule has 3 N–H and O–H groups in total. The molecule has 3 heterocycles. The lowest BCUT2D eigenvalue weighted by atomic mass is 10.0. The van der Waals surface area contributed by atoms with E-state index in [0.29, 0.717) is 11.6 Å². The van der Waals surface area contributed by atoms with Crippen molar-refractivity contribution in [3.05, 3.63) is 41.4 Å². The van der Waals surface area contributed by atoms with Crippen molar-refractivity contribution in [1.82, 2.24) is 15.4 Å². The number of aromatic nitrogens is 2. The lowest BCUT2D eigenvalue weighted by molar-refractivity contribution is 0.538. The highest BCUT2D eigenvalue weighted by Crippen LogP contribution is 2.46. The van der Waals surface area contributed by atoms with Crippen LogP contribution in [0.4, 0.5) is 10.1 Å². The lowest BCUT2D eigenvalue weighted by Gasteiger charge is -2.17. The van der Waals surface area contributed by atoms with Gasteiger partial charge in [0.05, 0.1) is 23.5 Å². The summed E-state index contributed by atoms with van der Waals surface area (Å²) >= 11 is 1.69. The third-order valence-corrected chi connectivity index (χ3v) is 4.44. The molecule has 0 aliphatic carbocycles. The van der Waals surface area contributed by atoms with Crippen molar-refractivity contribution in [1.29, 1.82) is 0 Å². The fourth-order valence-electron chi connectivity index (χ4n) is 2.05. The monoisotopic (exact) mass is 295 g/mol. The minimum atomic E-state index is -0.720. The average Bonchev–Trinajstić information content (AvgIpc) is 3.02. The van der Waals surface area contributed by atoms with Gasteiger partial charge >= 0.3 is 6.08 Å².